The fourth-order valence-corrected chi connectivity index (χ4v) is 1.98. The van der Waals surface area contributed by atoms with Crippen LogP contribution in [-0.2, 0) is 6.18 Å². The van der Waals surface area contributed by atoms with Crippen LogP contribution in [0.1, 0.15) is 11.1 Å². The molecule has 0 atom stereocenters. The Kier molecular flexibility index (Phi) is 4.28. The van der Waals surface area contributed by atoms with Crippen LogP contribution in [0.3, 0.4) is 0 Å². The molecular weight excluding hydrogens is 322 g/mol. The van der Waals surface area contributed by atoms with Gasteiger partial charge in [0, 0.05) is 5.56 Å². The summed E-state index contributed by atoms with van der Waals surface area (Å²) in [6.07, 6.45) is -4.45. The number of terminal acetylenes is 1. The summed E-state index contributed by atoms with van der Waals surface area (Å²) in [5.74, 6) is 1.57. The molecule has 2 rings (SSSR count). The third-order valence-corrected chi connectivity index (χ3v) is 2.87. The zero-order chi connectivity index (χ0) is 17.3. The Balaban J connectivity index is 2.57. The molecule has 0 unspecified atom stereocenters. The van der Waals surface area contributed by atoms with E-state index in [0.717, 1.165) is 30.3 Å². The number of hydrogen-bond acceptors (Lipinski definition) is 1. The summed E-state index contributed by atoms with van der Waals surface area (Å²) in [6, 6.07) is 7.28. The lowest BCUT2D eigenvalue weighted by Gasteiger charge is -2.15. The summed E-state index contributed by atoms with van der Waals surface area (Å²) in [7, 11) is 0. The SMILES string of the molecule is C#Cc1ccc(C(F)(F)F)c(-c2cccc(OC(F)(F)F)c2)c1. The zero-order valence-corrected chi connectivity index (χ0v) is 11.3. The van der Waals surface area contributed by atoms with Gasteiger partial charge in [0.15, 0.2) is 0 Å². The van der Waals surface area contributed by atoms with Crippen molar-refractivity contribution >= 4 is 0 Å². The average molecular weight is 330 g/mol. The lowest BCUT2D eigenvalue weighted by atomic mass is 9.97. The first-order valence-electron chi connectivity index (χ1n) is 6.14. The van der Waals surface area contributed by atoms with E-state index in [-0.39, 0.29) is 16.7 Å². The fraction of sp³-hybridized carbons (Fsp3) is 0.125. The standard InChI is InChI=1S/C16H8F6O/c1-2-10-6-7-14(15(17,18)19)13(8-10)11-4-3-5-12(9-11)23-16(20,21)22/h1,3-9H. The number of hydrogen-bond donors (Lipinski definition) is 0. The Hall–Kier alpha value is -2.62. The van der Waals surface area contributed by atoms with Crippen molar-refractivity contribution in [2.45, 2.75) is 12.5 Å². The van der Waals surface area contributed by atoms with E-state index in [2.05, 4.69) is 10.7 Å². The lowest BCUT2D eigenvalue weighted by Crippen LogP contribution is -2.17. The van der Waals surface area contributed by atoms with Gasteiger partial charge in [-0.25, -0.2) is 0 Å². The fourth-order valence-electron chi connectivity index (χ4n) is 1.98. The van der Waals surface area contributed by atoms with Crippen LogP contribution in [0.25, 0.3) is 11.1 Å². The van der Waals surface area contributed by atoms with Crippen LogP contribution in [0, 0.1) is 12.3 Å². The normalized spacial score (nSPS) is 11.9. The third kappa shape index (κ3) is 4.19. The summed E-state index contributed by atoms with van der Waals surface area (Å²) in [5, 5.41) is 0. The Bertz CT molecular complexity index is 752. The van der Waals surface area contributed by atoms with Gasteiger partial charge in [0.1, 0.15) is 5.75 Å². The molecule has 0 N–H and O–H groups in total. The molecule has 0 aromatic heterocycles. The van der Waals surface area contributed by atoms with Gasteiger partial charge in [0.25, 0.3) is 0 Å². The van der Waals surface area contributed by atoms with Gasteiger partial charge in [0.05, 0.1) is 5.56 Å². The van der Waals surface area contributed by atoms with Crippen molar-refractivity contribution in [1.82, 2.24) is 0 Å². The van der Waals surface area contributed by atoms with Crippen molar-refractivity contribution in [3.05, 3.63) is 53.6 Å². The molecule has 1 nitrogen and oxygen atoms in total. The van der Waals surface area contributed by atoms with Crippen LogP contribution >= 0.6 is 0 Å². The third-order valence-electron chi connectivity index (χ3n) is 2.87. The number of benzene rings is 2. The highest BCUT2D eigenvalue weighted by molar-refractivity contribution is 5.71. The van der Waals surface area contributed by atoms with Crippen LogP contribution in [0.15, 0.2) is 42.5 Å². The molecule has 23 heavy (non-hydrogen) atoms. The van der Waals surface area contributed by atoms with Gasteiger partial charge in [0.2, 0.25) is 0 Å². The van der Waals surface area contributed by atoms with Gasteiger partial charge < -0.3 is 4.74 Å². The van der Waals surface area contributed by atoms with E-state index in [9.17, 15) is 26.3 Å². The molecule has 0 saturated heterocycles. The maximum Gasteiger partial charge on any atom is 0.573 e. The smallest absolute Gasteiger partial charge is 0.406 e. The molecule has 2 aromatic carbocycles. The Morgan fingerprint density at radius 2 is 1.61 bits per heavy atom. The van der Waals surface area contributed by atoms with Crippen molar-refractivity contribution < 1.29 is 31.1 Å². The summed E-state index contributed by atoms with van der Waals surface area (Å²) in [5.41, 5.74) is -1.23. The predicted molar refractivity (Wildman–Crippen MR) is 71.5 cm³/mol. The molecule has 0 aliphatic rings. The second-order valence-electron chi connectivity index (χ2n) is 4.48. The maximum atomic E-state index is 13.1. The summed E-state index contributed by atoms with van der Waals surface area (Å²) < 4.78 is 79.7. The Morgan fingerprint density at radius 1 is 0.913 bits per heavy atom. The summed E-state index contributed by atoms with van der Waals surface area (Å²) in [4.78, 5) is 0. The molecule has 120 valence electrons. The van der Waals surface area contributed by atoms with Crippen molar-refractivity contribution in [1.29, 1.82) is 0 Å². The highest BCUT2D eigenvalue weighted by Crippen LogP contribution is 2.38. The molecule has 0 amide bonds. The maximum absolute atomic E-state index is 13.1. The molecule has 0 bridgehead atoms. The van der Waals surface area contributed by atoms with Crippen molar-refractivity contribution in [2.24, 2.45) is 0 Å². The second-order valence-corrected chi connectivity index (χ2v) is 4.48. The highest BCUT2D eigenvalue weighted by Gasteiger charge is 2.34. The predicted octanol–water partition coefficient (Wildman–Crippen LogP) is 5.25. The van der Waals surface area contributed by atoms with Crippen LogP contribution in [0.5, 0.6) is 5.75 Å². The van der Waals surface area contributed by atoms with E-state index in [1.165, 1.54) is 12.1 Å². The largest absolute Gasteiger partial charge is 0.573 e. The van der Waals surface area contributed by atoms with Gasteiger partial charge in [-0.15, -0.1) is 19.6 Å². The van der Waals surface area contributed by atoms with Crippen molar-refractivity contribution in [3.63, 3.8) is 0 Å². The molecule has 7 heteroatoms. The minimum atomic E-state index is -4.94. The summed E-state index contributed by atoms with van der Waals surface area (Å²) in [6.45, 7) is 0. The topological polar surface area (TPSA) is 9.23 Å². The molecule has 0 radical (unpaired) electrons. The highest BCUT2D eigenvalue weighted by atomic mass is 19.4. The number of halogens is 6. The molecule has 0 spiro atoms. The number of alkyl halides is 6. The molecule has 0 heterocycles. The van der Waals surface area contributed by atoms with Crippen LogP contribution in [-0.4, -0.2) is 6.36 Å². The van der Waals surface area contributed by atoms with Gasteiger partial charge >= 0.3 is 12.5 Å². The van der Waals surface area contributed by atoms with E-state index in [4.69, 9.17) is 6.42 Å². The van der Waals surface area contributed by atoms with E-state index in [1.807, 2.05) is 0 Å². The van der Waals surface area contributed by atoms with Crippen LogP contribution in [0.2, 0.25) is 0 Å². The van der Waals surface area contributed by atoms with Gasteiger partial charge in [-0.05, 0) is 41.5 Å². The first-order valence-corrected chi connectivity index (χ1v) is 6.14. The molecular formula is C16H8F6O. The number of rotatable bonds is 2. The Labute approximate surface area is 127 Å². The lowest BCUT2D eigenvalue weighted by molar-refractivity contribution is -0.274. The quantitative estimate of drug-likeness (QED) is 0.540. The van der Waals surface area contributed by atoms with Crippen LogP contribution < -0.4 is 4.74 Å². The van der Waals surface area contributed by atoms with Crippen molar-refractivity contribution in [3.8, 4) is 29.2 Å². The van der Waals surface area contributed by atoms with E-state index < -0.39 is 23.9 Å². The van der Waals surface area contributed by atoms with Gasteiger partial charge in [-0.3, -0.25) is 0 Å². The Morgan fingerprint density at radius 3 is 2.17 bits per heavy atom. The average Bonchev–Trinajstić information content (AvgIpc) is 2.44. The van der Waals surface area contributed by atoms with E-state index >= 15 is 0 Å². The van der Waals surface area contributed by atoms with Gasteiger partial charge in [-0.1, -0.05) is 18.1 Å². The van der Waals surface area contributed by atoms with E-state index in [0.29, 0.717) is 0 Å². The summed E-state index contributed by atoms with van der Waals surface area (Å²) >= 11 is 0. The molecule has 0 saturated carbocycles. The molecule has 0 aliphatic carbocycles. The van der Waals surface area contributed by atoms with Gasteiger partial charge in [-0.2, -0.15) is 13.2 Å². The molecule has 0 fully saturated rings. The molecule has 0 aliphatic heterocycles. The number of ether oxygens (including phenoxy) is 1. The zero-order valence-electron chi connectivity index (χ0n) is 11.3. The first kappa shape index (κ1) is 16.7. The van der Waals surface area contributed by atoms with Crippen molar-refractivity contribution in [2.75, 3.05) is 0 Å². The molecule has 2 aromatic rings. The van der Waals surface area contributed by atoms with E-state index in [1.54, 1.807) is 0 Å². The monoisotopic (exact) mass is 330 g/mol. The first-order chi connectivity index (χ1) is 10.6. The van der Waals surface area contributed by atoms with Crippen LogP contribution in [0.4, 0.5) is 26.3 Å². The second kappa shape index (κ2) is 5.88. The minimum Gasteiger partial charge on any atom is -0.406 e. The minimum absolute atomic E-state index is 0.0869.